The van der Waals surface area contributed by atoms with Crippen LogP contribution >= 0.6 is 23.2 Å². The predicted molar refractivity (Wildman–Crippen MR) is 164 cm³/mol. The van der Waals surface area contributed by atoms with E-state index in [4.69, 9.17) is 32.7 Å². The molecule has 11 nitrogen and oxygen atoms in total. The van der Waals surface area contributed by atoms with Crippen LogP contribution < -0.4 is 4.74 Å². The summed E-state index contributed by atoms with van der Waals surface area (Å²) in [5.41, 5.74) is 1.69. The second-order valence-electron chi connectivity index (χ2n) is 8.96. The number of aromatic hydroxyl groups is 2. The fourth-order valence-electron chi connectivity index (χ4n) is 3.93. The van der Waals surface area contributed by atoms with Crippen LogP contribution in [0.2, 0.25) is 10.0 Å². The van der Waals surface area contributed by atoms with Crippen molar-refractivity contribution >= 4 is 59.4 Å². The Hall–Kier alpha value is -4.74. The molecule has 43 heavy (non-hydrogen) atoms. The number of ether oxygens (including phenoxy) is 3. The summed E-state index contributed by atoms with van der Waals surface area (Å²) >= 11 is 12.4. The van der Waals surface area contributed by atoms with E-state index in [-0.39, 0.29) is 21.9 Å². The number of aryl methyl sites for hydroxylation is 3. The summed E-state index contributed by atoms with van der Waals surface area (Å²) in [4.78, 5) is 32.2. The van der Waals surface area contributed by atoms with E-state index < -0.39 is 17.7 Å². The summed E-state index contributed by atoms with van der Waals surface area (Å²) in [5, 5.41) is 19.9. The first kappa shape index (κ1) is 32.8. The van der Waals surface area contributed by atoms with Crippen LogP contribution in [0.1, 0.15) is 49.1 Å². The summed E-state index contributed by atoms with van der Waals surface area (Å²) in [6.07, 6.45) is 13.5. The molecule has 0 unspecified atom stereocenters. The molecule has 0 aliphatic carbocycles. The molecule has 0 atom stereocenters. The van der Waals surface area contributed by atoms with Gasteiger partial charge in [0.15, 0.2) is 0 Å². The molecule has 4 rings (SSSR count). The molecule has 0 aliphatic rings. The average Bonchev–Trinajstić information content (AvgIpc) is 3.60. The molecule has 0 fully saturated rings. The van der Waals surface area contributed by atoms with Crippen LogP contribution in [0.25, 0.3) is 24.3 Å². The summed E-state index contributed by atoms with van der Waals surface area (Å²) in [7, 11) is 7.69. The summed E-state index contributed by atoms with van der Waals surface area (Å²) in [5.74, 6) is -0.220. The summed E-state index contributed by atoms with van der Waals surface area (Å²) in [6, 6.07) is 2.71. The fourth-order valence-corrected chi connectivity index (χ4v) is 4.36. The first-order chi connectivity index (χ1) is 20.4. The maximum absolute atomic E-state index is 12.1. The van der Waals surface area contributed by atoms with Crippen LogP contribution in [-0.4, -0.2) is 62.6 Å². The van der Waals surface area contributed by atoms with Crippen LogP contribution in [0.3, 0.4) is 0 Å². The lowest BCUT2D eigenvalue weighted by molar-refractivity contribution is 0.0587. The predicted octanol–water partition coefficient (Wildman–Crippen LogP) is 5.79. The van der Waals surface area contributed by atoms with E-state index >= 15 is 0 Å². The second kappa shape index (κ2) is 14.4. The van der Waals surface area contributed by atoms with E-state index in [1.807, 2.05) is 24.7 Å². The Labute approximate surface area is 258 Å². The van der Waals surface area contributed by atoms with Crippen molar-refractivity contribution < 1.29 is 34.0 Å². The zero-order valence-corrected chi connectivity index (χ0v) is 25.8. The van der Waals surface area contributed by atoms with Gasteiger partial charge in [0.25, 0.3) is 0 Å². The van der Waals surface area contributed by atoms with E-state index in [1.54, 1.807) is 54.5 Å². The molecule has 4 aromatic rings. The van der Waals surface area contributed by atoms with Gasteiger partial charge in [0.1, 0.15) is 40.0 Å². The van der Waals surface area contributed by atoms with Gasteiger partial charge in [0.2, 0.25) is 0 Å². The van der Waals surface area contributed by atoms with Gasteiger partial charge in [-0.2, -0.15) is 0 Å². The number of carbonyl (C=O) groups excluding carboxylic acids is 2. The SMILES string of the molecule is COC(=O)c1c(O)cc(O)c(Cl)c1/C=C\c1nccn1C.COC(=O)c1c(OC)cc(C)c(Cl)c1/C=C\c1nccn1C. The fraction of sp³-hybridized carbons (Fsp3) is 0.200. The molecule has 0 amide bonds. The minimum Gasteiger partial charge on any atom is -0.507 e. The highest BCUT2D eigenvalue weighted by Crippen LogP contribution is 2.38. The molecule has 0 saturated heterocycles. The Kier molecular flexibility index (Phi) is 11.0. The highest BCUT2D eigenvalue weighted by Gasteiger charge is 2.22. The minimum absolute atomic E-state index is 0.0568. The van der Waals surface area contributed by atoms with Gasteiger partial charge < -0.3 is 33.6 Å². The molecule has 0 aliphatic heterocycles. The lowest BCUT2D eigenvalue weighted by Crippen LogP contribution is -2.08. The zero-order valence-electron chi connectivity index (χ0n) is 24.3. The molecule has 0 radical (unpaired) electrons. The van der Waals surface area contributed by atoms with E-state index in [2.05, 4.69) is 14.7 Å². The normalized spacial score (nSPS) is 11.0. The van der Waals surface area contributed by atoms with Crippen molar-refractivity contribution in [3.63, 3.8) is 0 Å². The average molecular weight is 629 g/mol. The number of esters is 2. The number of nitrogens with zero attached hydrogens (tertiary/aromatic N) is 4. The van der Waals surface area contributed by atoms with Crippen molar-refractivity contribution in [3.8, 4) is 17.2 Å². The molecule has 0 bridgehead atoms. The highest BCUT2D eigenvalue weighted by molar-refractivity contribution is 6.34. The Bertz CT molecular complexity index is 1710. The van der Waals surface area contributed by atoms with Gasteiger partial charge in [-0.05, 0) is 42.9 Å². The number of benzene rings is 2. The molecular weight excluding hydrogens is 599 g/mol. The van der Waals surface area contributed by atoms with E-state index in [0.717, 1.165) is 17.5 Å². The molecule has 2 aromatic carbocycles. The van der Waals surface area contributed by atoms with Gasteiger partial charge >= 0.3 is 11.9 Å². The number of methoxy groups -OCH3 is 3. The number of aromatic nitrogens is 4. The third-order valence-corrected chi connectivity index (χ3v) is 7.12. The van der Waals surface area contributed by atoms with Crippen molar-refractivity contribution in [2.75, 3.05) is 21.3 Å². The van der Waals surface area contributed by atoms with Gasteiger partial charge in [-0.1, -0.05) is 23.2 Å². The number of phenols is 2. The Morgan fingerprint density at radius 1 is 0.767 bits per heavy atom. The largest absolute Gasteiger partial charge is 0.507 e. The Morgan fingerprint density at radius 3 is 1.70 bits per heavy atom. The number of imidazole rings is 2. The van der Waals surface area contributed by atoms with Crippen LogP contribution in [0, 0.1) is 6.92 Å². The lowest BCUT2D eigenvalue weighted by atomic mass is 10.0. The van der Waals surface area contributed by atoms with Crippen LogP contribution in [0.4, 0.5) is 0 Å². The molecule has 2 N–H and O–H groups in total. The summed E-state index contributed by atoms with van der Waals surface area (Å²) < 4.78 is 18.4. The van der Waals surface area contributed by atoms with Crippen molar-refractivity contribution in [1.29, 1.82) is 0 Å². The number of hydrogen-bond donors (Lipinski definition) is 2. The minimum atomic E-state index is -0.756. The second-order valence-corrected chi connectivity index (χ2v) is 9.71. The van der Waals surface area contributed by atoms with Crippen molar-refractivity contribution in [2.45, 2.75) is 6.92 Å². The maximum Gasteiger partial charge on any atom is 0.342 e. The first-order valence-electron chi connectivity index (χ1n) is 12.5. The molecule has 2 aromatic heterocycles. The molecule has 0 saturated carbocycles. The van der Waals surface area contributed by atoms with Crippen LogP contribution in [0.5, 0.6) is 17.2 Å². The Balaban J connectivity index is 0.000000236. The number of halogens is 2. The number of rotatable bonds is 7. The number of hydrogen-bond acceptors (Lipinski definition) is 9. The van der Waals surface area contributed by atoms with Crippen molar-refractivity contribution in [1.82, 2.24) is 19.1 Å². The highest BCUT2D eigenvalue weighted by atomic mass is 35.5. The molecule has 2 heterocycles. The number of phenolic OH excluding ortho intramolecular Hbond substituents is 2. The third kappa shape index (κ3) is 7.37. The van der Waals surface area contributed by atoms with E-state index in [9.17, 15) is 19.8 Å². The Morgan fingerprint density at radius 2 is 1.26 bits per heavy atom. The topological polar surface area (TPSA) is 138 Å². The summed E-state index contributed by atoms with van der Waals surface area (Å²) in [6.45, 7) is 1.85. The molecule has 0 spiro atoms. The van der Waals surface area contributed by atoms with Gasteiger partial charge in [-0.3, -0.25) is 0 Å². The molecule has 13 heteroatoms. The molecule has 226 valence electrons. The zero-order chi connectivity index (χ0) is 31.8. The standard InChI is InChI=1S/C16H17ClN2O3.C14H13ClN2O4/c1-10-9-12(21-3)14(16(20)22-4)11(15(10)17)5-6-13-18-7-8-19(13)2;1-17-6-5-16-11(17)4-3-8-12(14(20)21-2)9(18)7-10(19)13(8)15/h5-9H,1-4H3;3-7,18-19H,1-2H3/b6-5-;4-3-. The van der Waals surface area contributed by atoms with Crippen LogP contribution in [-0.2, 0) is 23.6 Å². The molecular formula is C30H30Cl2N4O7. The van der Waals surface area contributed by atoms with Gasteiger partial charge in [-0.25, -0.2) is 19.6 Å². The van der Waals surface area contributed by atoms with Gasteiger partial charge in [0, 0.05) is 56.1 Å². The smallest absolute Gasteiger partial charge is 0.342 e. The van der Waals surface area contributed by atoms with E-state index in [1.165, 1.54) is 27.4 Å². The monoisotopic (exact) mass is 628 g/mol. The van der Waals surface area contributed by atoms with Gasteiger partial charge in [-0.15, -0.1) is 0 Å². The third-order valence-electron chi connectivity index (χ3n) is 6.22. The first-order valence-corrected chi connectivity index (χ1v) is 13.3. The number of carbonyl (C=O) groups is 2. The lowest BCUT2D eigenvalue weighted by Gasteiger charge is -2.13. The van der Waals surface area contributed by atoms with Crippen molar-refractivity contribution in [3.05, 3.63) is 86.4 Å². The van der Waals surface area contributed by atoms with Gasteiger partial charge in [0.05, 0.1) is 31.4 Å². The van der Waals surface area contributed by atoms with Crippen LogP contribution in [0.15, 0.2) is 36.9 Å². The van der Waals surface area contributed by atoms with E-state index in [0.29, 0.717) is 27.7 Å². The van der Waals surface area contributed by atoms with Crippen molar-refractivity contribution in [2.24, 2.45) is 14.1 Å². The quantitative estimate of drug-likeness (QED) is 0.243. The maximum atomic E-state index is 12.1.